The van der Waals surface area contributed by atoms with Crippen molar-refractivity contribution in [3.05, 3.63) is 29.4 Å². The minimum Gasteiger partial charge on any atom is -0.459 e. The number of nitrogens with zero attached hydrogens (tertiary/aromatic N) is 2. The van der Waals surface area contributed by atoms with Crippen molar-refractivity contribution in [2.45, 2.75) is 51.2 Å². The Hall–Kier alpha value is -2.47. The zero-order valence-electron chi connectivity index (χ0n) is 17.9. The Bertz CT molecular complexity index is 1110. The van der Waals surface area contributed by atoms with Crippen molar-refractivity contribution in [1.82, 2.24) is 15.2 Å². The van der Waals surface area contributed by atoms with Gasteiger partial charge in [0, 0.05) is 17.0 Å². The zero-order chi connectivity index (χ0) is 23.6. The summed E-state index contributed by atoms with van der Waals surface area (Å²) in [6, 6.07) is 3.34. The third kappa shape index (κ3) is 6.50. The maximum absolute atomic E-state index is 12.9. The molecule has 1 aromatic heterocycles. The topological polar surface area (TPSA) is 162 Å². The van der Waals surface area contributed by atoms with Crippen molar-refractivity contribution < 1.29 is 17.9 Å². The fraction of sp³-hybridized carbons (Fsp3) is 0.421. The molecule has 1 atom stereocenters. The number of hydrogen-bond acceptors (Lipinski definition) is 7. The molecule has 1 aromatic carbocycles. The summed E-state index contributed by atoms with van der Waals surface area (Å²) in [7, 11) is -4.07. The molecule has 0 saturated carbocycles. The maximum atomic E-state index is 12.9. The van der Waals surface area contributed by atoms with Gasteiger partial charge in [-0.15, -0.1) is 4.83 Å². The highest BCUT2D eigenvalue weighted by Gasteiger charge is 2.29. The molecule has 0 amide bonds. The van der Waals surface area contributed by atoms with Crippen LogP contribution in [0.4, 0.5) is 5.82 Å². The highest BCUT2D eigenvalue weighted by molar-refractivity contribution is 7.89. The number of ether oxygens (including phenoxy) is 1. The summed E-state index contributed by atoms with van der Waals surface area (Å²) < 4.78 is 31.1. The number of hydrazine groups is 1. The Morgan fingerprint density at radius 3 is 2.42 bits per heavy atom. The highest BCUT2D eigenvalue weighted by atomic mass is 35.5. The number of aromatic nitrogens is 1. The second-order valence-electron chi connectivity index (χ2n) is 8.18. The first-order valence-electron chi connectivity index (χ1n) is 9.39. The van der Waals surface area contributed by atoms with Gasteiger partial charge in [0.15, 0.2) is 11.8 Å². The highest BCUT2D eigenvalue weighted by Crippen LogP contribution is 2.31. The lowest BCUT2D eigenvalue weighted by atomic mass is 10.1. The molecule has 0 spiro atoms. The van der Waals surface area contributed by atoms with Crippen molar-refractivity contribution >= 4 is 50.1 Å². The first-order chi connectivity index (χ1) is 14.2. The number of guanidine groups is 1. The molecule has 0 fully saturated rings. The normalized spacial score (nSPS) is 13.3. The summed E-state index contributed by atoms with van der Waals surface area (Å²) in [5.41, 5.74) is 12.7. The molecular weight excluding hydrogens is 444 g/mol. The largest absolute Gasteiger partial charge is 0.459 e. The standard InChI is InChI=1S/C19H27ClN6O4S/c1-10(2)15(17(27)30-19(3,4)5)25-26-31(28,29)11-6-7-12-13(8-11)16(24-18(21)22)23-9-14(12)20/h6-10,15,25-26H,1-5H3,(H4,21,22,23,24)/t15-/m0/s1. The molecule has 2 aromatic rings. The van der Waals surface area contributed by atoms with E-state index in [0.29, 0.717) is 15.8 Å². The van der Waals surface area contributed by atoms with Gasteiger partial charge in [-0.2, -0.15) is 4.99 Å². The lowest BCUT2D eigenvalue weighted by molar-refractivity contribution is -0.158. The Morgan fingerprint density at radius 1 is 1.23 bits per heavy atom. The van der Waals surface area contributed by atoms with Crippen LogP contribution >= 0.6 is 11.6 Å². The van der Waals surface area contributed by atoms with Gasteiger partial charge in [0.2, 0.25) is 0 Å². The molecule has 0 aliphatic carbocycles. The third-order valence-electron chi connectivity index (χ3n) is 4.01. The number of nitrogens with one attached hydrogen (secondary N) is 2. The maximum Gasteiger partial charge on any atom is 0.325 e. The Labute approximate surface area is 186 Å². The van der Waals surface area contributed by atoms with Gasteiger partial charge in [-0.25, -0.2) is 18.8 Å². The van der Waals surface area contributed by atoms with E-state index < -0.39 is 27.6 Å². The van der Waals surface area contributed by atoms with Crippen LogP contribution in [0.5, 0.6) is 0 Å². The molecule has 0 radical (unpaired) electrons. The molecule has 31 heavy (non-hydrogen) atoms. The number of nitrogens with two attached hydrogens (primary N) is 2. The summed E-state index contributed by atoms with van der Waals surface area (Å²) >= 11 is 6.16. The number of pyridine rings is 1. The van der Waals surface area contributed by atoms with Gasteiger partial charge < -0.3 is 16.2 Å². The zero-order valence-corrected chi connectivity index (χ0v) is 19.5. The molecule has 0 aliphatic rings. The lowest BCUT2D eigenvalue weighted by Crippen LogP contribution is -2.52. The van der Waals surface area contributed by atoms with Crippen LogP contribution in [0.15, 0.2) is 34.3 Å². The van der Waals surface area contributed by atoms with E-state index in [0.717, 1.165) is 0 Å². The molecule has 0 bridgehead atoms. The van der Waals surface area contributed by atoms with Crippen LogP contribution in [0, 0.1) is 5.92 Å². The molecule has 1 heterocycles. The minimum absolute atomic E-state index is 0.102. The second kappa shape index (κ2) is 9.35. The first-order valence-corrected chi connectivity index (χ1v) is 11.3. The number of sulfonamides is 1. The SMILES string of the molecule is CC(C)[C@H](NNS(=O)(=O)c1ccc2c(Cl)cnc(N=C(N)N)c2c1)C(=O)OC(C)(C)C. The average molecular weight is 471 g/mol. The van der Waals surface area contributed by atoms with Crippen molar-refractivity contribution in [3.8, 4) is 0 Å². The summed E-state index contributed by atoms with van der Waals surface area (Å²) in [6.45, 7) is 8.72. The van der Waals surface area contributed by atoms with Crippen LogP contribution in [0.25, 0.3) is 10.8 Å². The second-order valence-corrected chi connectivity index (χ2v) is 10.3. The fourth-order valence-electron chi connectivity index (χ4n) is 2.62. The number of aliphatic imine (C=N–C) groups is 1. The van der Waals surface area contributed by atoms with Gasteiger partial charge in [-0.3, -0.25) is 4.79 Å². The number of rotatable bonds is 7. The first kappa shape index (κ1) is 24.8. The number of carbonyl (C=O) groups excluding carboxylic acids is 1. The fourth-order valence-corrected chi connectivity index (χ4v) is 3.75. The Kier molecular flexibility index (Phi) is 7.48. The van der Waals surface area contributed by atoms with E-state index in [4.69, 9.17) is 27.8 Å². The monoisotopic (exact) mass is 470 g/mol. The van der Waals surface area contributed by atoms with Gasteiger partial charge in [0.1, 0.15) is 11.6 Å². The van der Waals surface area contributed by atoms with Crippen LogP contribution in [0.2, 0.25) is 5.02 Å². The lowest BCUT2D eigenvalue weighted by Gasteiger charge is -2.26. The molecule has 12 heteroatoms. The molecule has 0 unspecified atom stereocenters. The predicted octanol–water partition coefficient (Wildman–Crippen LogP) is 1.94. The molecule has 6 N–H and O–H groups in total. The predicted molar refractivity (Wildman–Crippen MR) is 120 cm³/mol. The molecule has 10 nitrogen and oxygen atoms in total. The van der Waals surface area contributed by atoms with E-state index in [-0.39, 0.29) is 22.6 Å². The number of carbonyl (C=O) groups is 1. The van der Waals surface area contributed by atoms with E-state index in [2.05, 4.69) is 20.2 Å². The molecule has 2 rings (SSSR count). The molecule has 0 aliphatic heterocycles. The number of fused-ring (bicyclic) bond motifs is 1. The quantitative estimate of drug-likeness (QED) is 0.206. The van der Waals surface area contributed by atoms with Gasteiger partial charge in [-0.1, -0.05) is 31.5 Å². The summed E-state index contributed by atoms with van der Waals surface area (Å²) in [5, 5.41) is 1.18. The number of benzene rings is 1. The molecule has 170 valence electrons. The number of halogens is 1. The van der Waals surface area contributed by atoms with Crippen LogP contribution in [-0.2, 0) is 19.6 Å². The van der Waals surface area contributed by atoms with Gasteiger partial charge in [0.05, 0.1) is 9.92 Å². The van der Waals surface area contributed by atoms with E-state index in [1.165, 1.54) is 24.4 Å². The average Bonchev–Trinajstić information content (AvgIpc) is 2.61. The summed E-state index contributed by atoms with van der Waals surface area (Å²) in [4.78, 5) is 22.5. The van der Waals surface area contributed by atoms with E-state index in [1.54, 1.807) is 34.6 Å². The Morgan fingerprint density at radius 2 is 1.87 bits per heavy atom. The van der Waals surface area contributed by atoms with Gasteiger partial charge >= 0.3 is 5.97 Å². The minimum atomic E-state index is -4.07. The van der Waals surface area contributed by atoms with Gasteiger partial charge in [0.25, 0.3) is 10.0 Å². The van der Waals surface area contributed by atoms with Gasteiger partial charge in [-0.05, 0) is 38.8 Å². The van der Waals surface area contributed by atoms with Crippen molar-refractivity contribution in [3.63, 3.8) is 0 Å². The smallest absolute Gasteiger partial charge is 0.325 e. The number of esters is 1. The van der Waals surface area contributed by atoms with E-state index in [9.17, 15) is 13.2 Å². The Balaban J connectivity index is 2.36. The molecule has 0 saturated heterocycles. The van der Waals surface area contributed by atoms with Crippen LogP contribution in [0.3, 0.4) is 0 Å². The van der Waals surface area contributed by atoms with E-state index >= 15 is 0 Å². The van der Waals surface area contributed by atoms with Crippen molar-refractivity contribution in [1.29, 1.82) is 0 Å². The van der Waals surface area contributed by atoms with Crippen molar-refractivity contribution in [2.75, 3.05) is 0 Å². The molecular formula is C19H27ClN6O4S. The summed E-state index contributed by atoms with van der Waals surface area (Å²) in [6.07, 6.45) is 1.37. The van der Waals surface area contributed by atoms with Crippen molar-refractivity contribution in [2.24, 2.45) is 22.4 Å². The van der Waals surface area contributed by atoms with E-state index in [1.807, 2.05) is 0 Å². The number of hydrogen-bond donors (Lipinski definition) is 4. The van der Waals surface area contributed by atoms with Crippen LogP contribution in [0.1, 0.15) is 34.6 Å². The van der Waals surface area contributed by atoms with Crippen LogP contribution in [-0.4, -0.2) is 37.0 Å². The third-order valence-corrected chi connectivity index (χ3v) is 5.57. The summed E-state index contributed by atoms with van der Waals surface area (Å²) in [5.74, 6) is -0.931. The van der Waals surface area contributed by atoms with Crippen LogP contribution < -0.4 is 21.7 Å².